The van der Waals surface area contributed by atoms with Gasteiger partial charge in [0.15, 0.2) is 0 Å². The lowest BCUT2D eigenvalue weighted by atomic mass is 9.85. The quantitative estimate of drug-likeness (QED) is 0.844. The van der Waals surface area contributed by atoms with Gasteiger partial charge in [0.2, 0.25) is 11.8 Å². The van der Waals surface area contributed by atoms with Crippen LogP contribution in [0.1, 0.15) is 39.0 Å². The first kappa shape index (κ1) is 20.2. The van der Waals surface area contributed by atoms with Crippen LogP contribution in [-0.4, -0.2) is 61.9 Å². The van der Waals surface area contributed by atoms with Gasteiger partial charge in [-0.2, -0.15) is 0 Å². The van der Waals surface area contributed by atoms with Gasteiger partial charge in [0.25, 0.3) is 0 Å². The third kappa shape index (κ3) is 5.64. The molecule has 2 heterocycles. The standard InChI is InChI=1S/C17H31N3O2.ClH/c1-13(15-5-4-8-18-12-15)11-16(21)20-9-6-14(7-10-20)17(22)19(2)3;/h13-15,18H,4-12H2,1-3H3;1H. The molecule has 0 aliphatic carbocycles. The number of carbonyl (C=O) groups excluding carboxylic acids is 2. The topological polar surface area (TPSA) is 52.7 Å². The lowest BCUT2D eigenvalue weighted by Crippen LogP contribution is -2.43. The lowest BCUT2D eigenvalue weighted by Gasteiger charge is -2.34. The van der Waals surface area contributed by atoms with Gasteiger partial charge >= 0.3 is 0 Å². The molecule has 2 atom stereocenters. The van der Waals surface area contributed by atoms with Crippen molar-refractivity contribution >= 4 is 24.2 Å². The summed E-state index contributed by atoms with van der Waals surface area (Å²) in [5.74, 6) is 1.65. The van der Waals surface area contributed by atoms with Crippen LogP contribution in [0.3, 0.4) is 0 Å². The van der Waals surface area contributed by atoms with E-state index in [9.17, 15) is 9.59 Å². The van der Waals surface area contributed by atoms with E-state index in [1.807, 2.05) is 4.90 Å². The Hall–Kier alpha value is -0.810. The fourth-order valence-corrected chi connectivity index (χ4v) is 3.68. The molecule has 0 saturated carbocycles. The third-order valence-electron chi connectivity index (χ3n) is 5.27. The molecule has 0 aromatic heterocycles. The van der Waals surface area contributed by atoms with Crippen LogP contribution in [0.15, 0.2) is 0 Å². The van der Waals surface area contributed by atoms with E-state index >= 15 is 0 Å². The molecule has 1 N–H and O–H groups in total. The second-order valence-electron chi connectivity index (χ2n) is 7.18. The predicted octanol–water partition coefficient (Wildman–Crippen LogP) is 1.76. The minimum absolute atomic E-state index is 0. The molecule has 134 valence electrons. The summed E-state index contributed by atoms with van der Waals surface area (Å²) >= 11 is 0. The van der Waals surface area contributed by atoms with E-state index in [4.69, 9.17) is 0 Å². The van der Waals surface area contributed by atoms with E-state index in [2.05, 4.69) is 12.2 Å². The first-order valence-electron chi connectivity index (χ1n) is 8.68. The van der Waals surface area contributed by atoms with Gasteiger partial charge in [0, 0.05) is 39.5 Å². The van der Waals surface area contributed by atoms with Gasteiger partial charge < -0.3 is 15.1 Å². The van der Waals surface area contributed by atoms with Crippen LogP contribution in [0.2, 0.25) is 0 Å². The van der Waals surface area contributed by atoms with Crippen LogP contribution in [0.5, 0.6) is 0 Å². The molecule has 0 radical (unpaired) electrons. The van der Waals surface area contributed by atoms with Gasteiger partial charge in [-0.25, -0.2) is 0 Å². The zero-order valence-corrected chi connectivity index (χ0v) is 15.5. The van der Waals surface area contributed by atoms with Crippen molar-refractivity contribution in [3.05, 3.63) is 0 Å². The van der Waals surface area contributed by atoms with Crippen LogP contribution >= 0.6 is 12.4 Å². The van der Waals surface area contributed by atoms with Crippen molar-refractivity contribution in [2.75, 3.05) is 40.3 Å². The molecule has 2 aliphatic heterocycles. The highest BCUT2D eigenvalue weighted by atomic mass is 35.5. The molecule has 6 heteroatoms. The molecule has 23 heavy (non-hydrogen) atoms. The smallest absolute Gasteiger partial charge is 0.225 e. The maximum Gasteiger partial charge on any atom is 0.225 e. The summed E-state index contributed by atoms with van der Waals surface area (Å²) in [4.78, 5) is 28.1. The minimum Gasteiger partial charge on any atom is -0.349 e. The second kappa shape index (κ2) is 9.48. The van der Waals surface area contributed by atoms with Gasteiger partial charge in [-0.3, -0.25) is 9.59 Å². The number of hydrogen-bond acceptors (Lipinski definition) is 3. The lowest BCUT2D eigenvalue weighted by molar-refractivity contribution is -0.139. The highest BCUT2D eigenvalue weighted by Crippen LogP contribution is 2.25. The number of rotatable bonds is 4. The van der Waals surface area contributed by atoms with Crippen molar-refractivity contribution in [1.29, 1.82) is 0 Å². The van der Waals surface area contributed by atoms with Gasteiger partial charge in [0.05, 0.1) is 0 Å². The predicted molar refractivity (Wildman–Crippen MR) is 94.6 cm³/mol. The Morgan fingerprint density at radius 3 is 2.39 bits per heavy atom. The zero-order valence-electron chi connectivity index (χ0n) is 14.7. The van der Waals surface area contributed by atoms with Crippen molar-refractivity contribution in [1.82, 2.24) is 15.1 Å². The molecule has 2 fully saturated rings. The largest absolute Gasteiger partial charge is 0.349 e. The molecular formula is C17H32ClN3O2. The van der Waals surface area contributed by atoms with Gasteiger partial charge in [0.1, 0.15) is 0 Å². The highest BCUT2D eigenvalue weighted by molar-refractivity contribution is 5.85. The summed E-state index contributed by atoms with van der Waals surface area (Å²) in [6, 6.07) is 0. The molecular weight excluding hydrogens is 314 g/mol. The number of nitrogens with one attached hydrogen (secondary N) is 1. The highest BCUT2D eigenvalue weighted by Gasteiger charge is 2.30. The maximum absolute atomic E-state index is 12.5. The second-order valence-corrected chi connectivity index (χ2v) is 7.18. The fraction of sp³-hybridized carbons (Fsp3) is 0.882. The monoisotopic (exact) mass is 345 g/mol. The minimum atomic E-state index is 0. The number of amides is 2. The first-order valence-corrected chi connectivity index (χ1v) is 8.68. The van der Waals surface area contributed by atoms with E-state index in [-0.39, 0.29) is 30.1 Å². The molecule has 5 nitrogen and oxygen atoms in total. The molecule has 0 aromatic rings. The van der Waals surface area contributed by atoms with Crippen molar-refractivity contribution in [3.8, 4) is 0 Å². The van der Waals surface area contributed by atoms with Gasteiger partial charge in [-0.1, -0.05) is 6.92 Å². The normalized spacial score (nSPS) is 23.8. The Morgan fingerprint density at radius 1 is 1.22 bits per heavy atom. The molecule has 0 bridgehead atoms. The Bertz CT molecular complexity index is 389. The van der Waals surface area contributed by atoms with E-state index < -0.39 is 0 Å². The van der Waals surface area contributed by atoms with Crippen LogP contribution in [0, 0.1) is 17.8 Å². The average Bonchev–Trinajstić information content (AvgIpc) is 2.55. The average molecular weight is 346 g/mol. The third-order valence-corrected chi connectivity index (χ3v) is 5.27. The van der Waals surface area contributed by atoms with Crippen LogP contribution in [-0.2, 0) is 9.59 Å². The first-order chi connectivity index (χ1) is 10.5. The summed E-state index contributed by atoms with van der Waals surface area (Å²) in [6.07, 6.45) is 4.73. The van der Waals surface area contributed by atoms with Gasteiger partial charge in [-0.05, 0) is 50.6 Å². The Morgan fingerprint density at radius 2 is 1.87 bits per heavy atom. The molecule has 2 aliphatic rings. The van der Waals surface area contributed by atoms with Crippen molar-refractivity contribution in [2.45, 2.75) is 39.0 Å². The Labute approximate surface area is 146 Å². The van der Waals surface area contributed by atoms with Crippen LogP contribution in [0.4, 0.5) is 0 Å². The molecule has 2 saturated heterocycles. The zero-order chi connectivity index (χ0) is 16.1. The maximum atomic E-state index is 12.5. The SMILES string of the molecule is CC(CC(=O)N1CCC(C(=O)N(C)C)CC1)C1CCCNC1.Cl. The van der Waals surface area contributed by atoms with Gasteiger partial charge in [-0.15, -0.1) is 12.4 Å². The molecule has 2 amide bonds. The van der Waals surface area contributed by atoms with E-state index in [0.29, 0.717) is 18.3 Å². The Kier molecular flexibility index (Phi) is 8.34. The van der Waals surface area contributed by atoms with Crippen LogP contribution in [0.25, 0.3) is 0 Å². The molecule has 2 rings (SSSR count). The summed E-state index contributed by atoms with van der Waals surface area (Å²) in [5.41, 5.74) is 0. The number of halogens is 1. The number of piperidine rings is 2. The summed E-state index contributed by atoms with van der Waals surface area (Å²) in [6.45, 7) is 5.84. The number of hydrogen-bond donors (Lipinski definition) is 1. The molecule has 0 spiro atoms. The van der Waals surface area contributed by atoms with E-state index in [1.54, 1.807) is 19.0 Å². The van der Waals surface area contributed by atoms with E-state index in [0.717, 1.165) is 39.0 Å². The summed E-state index contributed by atoms with van der Waals surface area (Å²) in [5, 5.41) is 3.43. The summed E-state index contributed by atoms with van der Waals surface area (Å²) in [7, 11) is 3.61. The van der Waals surface area contributed by atoms with E-state index in [1.165, 1.54) is 12.8 Å². The Balaban J connectivity index is 0.00000264. The van der Waals surface area contributed by atoms with Crippen molar-refractivity contribution in [2.24, 2.45) is 17.8 Å². The van der Waals surface area contributed by atoms with Crippen LogP contribution < -0.4 is 5.32 Å². The number of nitrogens with zero attached hydrogens (tertiary/aromatic N) is 2. The van der Waals surface area contributed by atoms with Crippen molar-refractivity contribution < 1.29 is 9.59 Å². The van der Waals surface area contributed by atoms with Crippen molar-refractivity contribution in [3.63, 3.8) is 0 Å². The molecule has 2 unspecified atom stereocenters. The number of likely N-dealkylation sites (tertiary alicyclic amines) is 1. The summed E-state index contributed by atoms with van der Waals surface area (Å²) < 4.78 is 0. The number of carbonyl (C=O) groups is 2. The molecule has 0 aromatic carbocycles. The fourth-order valence-electron chi connectivity index (χ4n) is 3.68.